The van der Waals surface area contributed by atoms with Crippen LogP contribution in [0.4, 0.5) is 0 Å². The predicted octanol–water partition coefficient (Wildman–Crippen LogP) is 0.760. The molecule has 0 atom stereocenters. The van der Waals surface area contributed by atoms with Crippen LogP contribution in [0.5, 0.6) is 0 Å². The van der Waals surface area contributed by atoms with Crippen LogP contribution in [0, 0.1) is 11.3 Å². The number of aliphatic imine (C=N–C) groups is 1. The van der Waals surface area contributed by atoms with Gasteiger partial charge < -0.3 is 0 Å². The van der Waals surface area contributed by atoms with Crippen LogP contribution in [-0.2, 0) is 0 Å². The van der Waals surface area contributed by atoms with Crippen LogP contribution in [-0.4, -0.2) is 6.21 Å². The molecule has 0 aromatic heterocycles. The van der Waals surface area contributed by atoms with Gasteiger partial charge in [0.2, 0.25) is 12.4 Å². The minimum Gasteiger partial charge on any atom is -0.198 e. The lowest BCUT2D eigenvalue weighted by Crippen LogP contribution is -1.92. The Bertz CT molecular complexity index is 216. The van der Waals surface area contributed by atoms with E-state index in [-0.39, 0.29) is 0 Å². The molecule has 0 unspecified atom stereocenters. The molecule has 0 aromatic rings. The van der Waals surface area contributed by atoms with Gasteiger partial charge in [-0.25, -0.2) is 0 Å². The van der Waals surface area contributed by atoms with Crippen LogP contribution >= 0.6 is 0 Å². The van der Waals surface area contributed by atoms with Gasteiger partial charge in [0.1, 0.15) is 0 Å². The third-order valence-corrected chi connectivity index (χ3v) is 1.01. The SMILES string of the molecule is N#CCC1=CC=C[N+]=C1. The van der Waals surface area contributed by atoms with Crippen molar-refractivity contribution in [1.29, 1.82) is 5.26 Å². The van der Waals surface area contributed by atoms with Crippen LogP contribution in [0.3, 0.4) is 0 Å². The zero-order valence-electron chi connectivity index (χ0n) is 4.91. The molecule has 0 N–H and O–H groups in total. The fourth-order valence-corrected chi connectivity index (χ4v) is 0.594. The highest BCUT2D eigenvalue weighted by Crippen LogP contribution is 1.97. The minimum absolute atomic E-state index is 0.452. The van der Waals surface area contributed by atoms with Gasteiger partial charge in [0.15, 0.2) is 0 Å². The molecular formula is C7H6N2+. The summed E-state index contributed by atoms with van der Waals surface area (Å²) in [5.41, 5.74) is 0.972. The van der Waals surface area contributed by atoms with Crippen molar-refractivity contribution in [3.63, 3.8) is 0 Å². The zero-order chi connectivity index (χ0) is 6.53. The highest BCUT2D eigenvalue weighted by Gasteiger charge is 1.99. The summed E-state index contributed by atoms with van der Waals surface area (Å²) in [6, 6.07) is 2.04. The normalized spacial score (nSPS) is 14.8. The molecule has 0 saturated carbocycles. The Hall–Kier alpha value is -1.36. The number of rotatable bonds is 1. The highest BCUT2D eigenvalue weighted by molar-refractivity contribution is 5.80. The Balaban J connectivity index is 2.64. The van der Waals surface area contributed by atoms with Crippen LogP contribution in [0.2, 0.25) is 0 Å². The number of hydrogen-bond acceptors (Lipinski definition) is 2. The molecule has 0 saturated heterocycles. The molecular weight excluding hydrogens is 112 g/mol. The second-order valence-corrected chi connectivity index (χ2v) is 1.70. The lowest BCUT2D eigenvalue weighted by atomic mass is 10.2. The second-order valence-electron chi connectivity index (χ2n) is 1.70. The van der Waals surface area contributed by atoms with E-state index in [2.05, 4.69) is 4.99 Å². The fourth-order valence-electron chi connectivity index (χ4n) is 0.594. The summed E-state index contributed by atoms with van der Waals surface area (Å²) in [4.78, 5) is 3.85. The average Bonchev–Trinajstić information content (AvgIpc) is 1.91. The third kappa shape index (κ3) is 1.54. The summed E-state index contributed by atoms with van der Waals surface area (Å²) >= 11 is 0. The summed E-state index contributed by atoms with van der Waals surface area (Å²) in [5.74, 6) is 0. The summed E-state index contributed by atoms with van der Waals surface area (Å²) in [7, 11) is 0. The monoisotopic (exact) mass is 118 g/mol. The molecule has 0 fully saturated rings. The van der Waals surface area contributed by atoms with E-state index >= 15 is 0 Å². The van der Waals surface area contributed by atoms with Crippen LogP contribution in [0.15, 0.2) is 23.9 Å². The molecule has 1 aliphatic rings. The van der Waals surface area contributed by atoms with Crippen molar-refractivity contribution in [3.8, 4) is 6.07 Å². The molecule has 2 nitrogen and oxygen atoms in total. The van der Waals surface area contributed by atoms with Crippen molar-refractivity contribution in [3.05, 3.63) is 23.9 Å². The standard InChI is InChI=1S/C7H6N2/c8-4-3-7-2-1-5-9-6-7/h1-2,5-6H,3H2/q+1. The Morgan fingerprint density at radius 3 is 3.11 bits per heavy atom. The van der Waals surface area contributed by atoms with E-state index in [1.165, 1.54) is 0 Å². The largest absolute Gasteiger partial charge is 0.246 e. The molecule has 2 heteroatoms. The first kappa shape index (κ1) is 5.77. The van der Waals surface area contributed by atoms with E-state index in [9.17, 15) is 0 Å². The summed E-state index contributed by atoms with van der Waals surface area (Å²) in [6.45, 7) is 0. The van der Waals surface area contributed by atoms with Gasteiger partial charge >= 0.3 is 0 Å². The molecule has 1 radical (unpaired) electrons. The van der Waals surface area contributed by atoms with E-state index in [1.54, 1.807) is 12.4 Å². The molecule has 1 aliphatic heterocycles. The van der Waals surface area contributed by atoms with Crippen molar-refractivity contribution in [2.45, 2.75) is 6.42 Å². The Morgan fingerprint density at radius 2 is 2.56 bits per heavy atom. The van der Waals surface area contributed by atoms with Gasteiger partial charge in [0.25, 0.3) is 0 Å². The molecule has 9 heavy (non-hydrogen) atoms. The van der Waals surface area contributed by atoms with Crippen molar-refractivity contribution in [1.82, 2.24) is 4.99 Å². The van der Waals surface area contributed by atoms with Crippen molar-refractivity contribution in [2.24, 2.45) is 0 Å². The van der Waals surface area contributed by atoms with Crippen molar-refractivity contribution >= 4 is 6.21 Å². The quantitative estimate of drug-likeness (QED) is 0.501. The van der Waals surface area contributed by atoms with E-state index in [1.807, 2.05) is 18.2 Å². The van der Waals surface area contributed by atoms with Gasteiger partial charge in [-0.15, -0.1) is 0 Å². The topological polar surface area (TPSA) is 37.9 Å². The molecule has 0 bridgehead atoms. The smallest absolute Gasteiger partial charge is 0.198 e. The van der Waals surface area contributed by atoms with Gasteiger partial charge in [-0.05, 0) is 6.08 Å². The van der Waals surface area contributed by atoms with Gasteiger partial charge in [-0.2, -0.15) is 5.26 Å². The van der Waals surface area contributed by atoms with E-state index < -0.39 is 0 Å². The number of allylic oxidation sites excluding steroid dienone is 3. The summed E-state index contributed by atoms with van der Waals surface area (Å²) in [5, 5.41) is 8.24. The third-order valence-electron chi connectivity index (χ3n) is 1.01. The number of nitriles is 1. The van der Waals surface area contributed by atoms with Gasteiger partial charge in [0, 0.05) is 11.6 Å². The van der Waals surface area contributed by atoms with Crippen LogP contribution in [0.25, 0.3) is 0 Å². The fraction of sp³-hybridized carbons (Fsp3) is 0.143. The summed E-state index contributed by atoms with van der Waals surface area (Å²) < 4.78 is 0. The number of nitrogens with zero attached hydrogens (tertiary/aromatic N) is 2. The first-order valence-corrected chi connectivity index (χ1v) is 2.69. The molecule has 1 heterocycles. The van der Waals surface area contributed by atoms with Crippen LogP contribution < -0.4 is 4.99 Å². The Morgan fingerprint density at radius 1 is 1.67 bits per heavy atom. The van der Waals surface area contributed by atoms with Gasteiger partial charge in [-0.3, -0.25) is 0 Å². The first-order valence-electron chi connectivity index (χ1n) is 2.69. The maximum Gasteiger partial charge on any atom is 0.246 e. The Kier molecular flexibility index (Phi) is 1.81. The average molecular weight is 118 g/mol. The highest BCUT2D eigenvalue weighted by atomic mass is 14.7. The lowest BCUT2D eigenvalue weighted by molar-refractivity contribution is 1.27. The molecule has 0 aromatic carbocycles. The molecule has 0 amide bonds. The summed E-state index contributed by atoms with van der Waals surface area (Å²) in [6.07, 6.45) is 7.56. The van der Waals surface area contributed by atoms with E-state index in [4.69, 9.17) is 5.26 Å². The number of hydrogen-bond donors (Lipinski definition) is 0. The maximum atomic E-state index is 8.24. The zero-order valence-corrected chi connectivity index (χ0v) is 4.91. The van der Waals surface area contributed by atoms with E-state index in [0.717, 1.165) is 5.57 Å². The van der Waals surface area contributed by atoms with Crippen LogP contribution in [0.1, 0.15) is 6.42 Å². The van der Waals surface area contributed by atoms with Gasteiger partial charge in [0.05, 0.1) is 17.5 Å². The molecule has 1 rings (SSSR count). The molecule has 43 valence electrons. The van der Waals surface area contributed by atoms with Gasteiger partial charge in [-0.1, -0.05) is 0 Å². The van der Waals surface area contributed by atoms with Crippen molar-refractivity contribution < 1.29 is 0 Å². The minimum atomic E-state index is 0.452. The first-order chi connectivity index (χ1) is 4.43. The Labute approximate surface area is 53.8 Å². The van der Waals surface area contributed by atoms with Crippen molar-refractivity contribution in [2.75, 3.05) is 0 Å². The predicted molar refractivity (Wildman–Crippen MR) is 35.7 cm³/mol. The van der Waals surface area contributed by atoms with E-state index in [0.29, 0.717) is 6.42 Å². The molecule has 0 spiro atoms. The second kappa shape index (κ2) is 2.83. The molecule has 0 aliphatic carbocycles. The maximum absolute atomic E-state index is 8.24. The lowest BCUT2D eigenvalue weighted by Gasteiger charge is -1.84.